The first kappa shape index (κ1) is 27.8. The number of aryl methyl sites for hydroxylation is 1. The van der Waals surface area contributed by atoms with E-state index in [2.05, 4.69) is 25.0 Å². The molecule has 0 bridgehead atoms. The van der Waals surface area contributed by atoms with Crippen molar-refractivity contribution in [2.75, 3.05) is 6.61 Å². The highest BCUT2D eigenvalue weighted by Gasteiger charge is 2.57. The maximum atomic E-state index is 12.3. The van der Waals surface area contributed by atoms with E-state index in [0.717, 1.165) is 10.6 Å². The van der Waals surface area contributed by atoms with Gasteiger partial charge in [0.15, 0.2) is 11.8 Å². The third-order valence-corrected chi connectivity index (χ3v) is 7.83. The van der Waals surface area contributed by atoms with Gasteiger partial charge in [-0.1, -0.05) is 5.92 Å². The fourth-order valence-corrected chi connectivity index (χ4v) is 5.91. The Morgan fingerprint density at radius 2 is 1.79 bits per heavy atom. The summed E-state index contributed by atoms with van der Waals surface area (Å²) in [7, 11) is -16.9. The van der Waals surface area contributed by atoms with Crippen LogP contribution in [0.3, 0.4) is 0 Å². The molecule has 20 heteroatoms. The molecule has 1 aliphatic heterocycles. The van der Waals surface area contributed by atoms with E-state index in [-0.39, 0.29) is 5.69 Å². The molecule has 0 aromatic carbocycles. The van der Waals surface area contributed by atoms with Crippen molar-refractivity contribution in [1.82, 2.24) is 9.55 Å². The number of aliphatic hydroxyl groups excluding tert-OH is 1. The zero-order chi connectivity index (χ0) is 25.4. The largest absolute Gasteiger partial charge is 0.490 e. The molecule has 1 aliphatic rings. The Morgan fingerprint density at radius 1 is 1.18 bits per heavy atom. The molecule has 4 unspecified atom stereocenters. The standard InChI is InChI=1S/C13H19N2O15P3/c1-3-4-13(19)10(17)8(28-11(13)15-7(2)5-9(16)14-12(15)18)6-27-32(23,24)30-33(25,26)29-31(20,21)22/h5,8,10-11,17,19H,6H2,1-2H3,(H,23,24)(H,25,26)(H,14,16,18)(H2,20,21,22)/t8-,10?,11-,13?/m1/s1. The van der Waals surface area contributed by atoms with Gasteiger partial charge in [0.1, 0.15) is 12.2 Å². The third-order valence-electron chi connectivity index (χ3n) is 4.03. The van der Waals surface area contributed by atoms with Crippen molar-refractivity contribution in [3.8, 4) is 11.8 Å². The summed E-state index contributed by atoms with van der Waals surface area (Å²) < 4.78 is 51.6. The maximum absolute atomic E-state index is 12.3. The zero-order valence-corrected chi connectivity index (χ0v) is 19.3. The van der Waals surface area contributed by atoms with Crippen molar-refractivity contribution in [1.29, 1.82) is 0 Å². The minimum atomic E-state index is -5.78. The molecule has 33 heavy (non-hydrogen) atoms. The van der Waals surface area contributed by atoms with Crippen LogP contribution in [0.15, 0.2) is 15.7 Å². The Hall–Kier alpha value is -1.47. The van der Waals surface area contributed by atoms with Crippen molar-refractivity contribution >= 4 is 23.5 Å². The van der Waals surface area contributed by atoms with Crippen LogP contribution in [0.25, 0.3) is 0 Å². The number of nitrogens with one attached hydrogen (secondary N) is 1. The molecule has 1 saturated heterocycles. The van der Waals surface area contributed by atoms with E-state index in [0.29, 0.717) is 0 Å². The molecule has 0 amide bonds. The number of nitrogens with zero attached hydrogens (tertiary/aromatic N) is 1. The Balaban J connectivity index is 2.29. The number of H-pyrrole nitrogens is 1. The average Bonchev–Trinajstić information content (AvgIpc) is 2.81. The molecule has 17 nitrogen and oxygen atoms in total. The summed E-state index contributed by atoms with van der Waals surface area (Å²) in [6.07, 6.45) is -5.46. The quantitative estimate of drug-likeness (QED) is 0.143. The summed E-state index contributed by atoms with van der Waals surface area (Å²) in [4.78, 5) is 61.4. The lowest BCUT2D eigenvalue weighted by Crippen LogP contribution is -2.49. The second-order valence-electron chi connectivity index (χ2n) is 6.51. The first-order chi connectivity index (χ1) is 14.9. The molecule has 0 spiro atoms. The molecule has 1 fully saturated rings. The van der Waals surface area contributed by atoms with Crippen LogP contribution in [-0.4, -0.2) is 63.8 Å². The molecular weight excluding hydrogens is 517 g/mol. The van der Waals surface area contributed by atoms with Gasteiger partial charge in [-0.2, -0.15) is 8.62 Å². The molecule has 7 N–H and O–H groups in total. The van der Waals surface area contributed by atoms with Crippen molar-refractivity contribution < 1.29 is 61.4 Å². The van der Waals surface area contributed by atoms with Crippen LogP contribution in [-0.2, 0) is 31.6 Å². The van der Waals surface area contributed by atoms with Gasteiger partial charge >= 0.3 is 29.2 Å². The van der Waals surface area contributed by atoms with Gasteiger partial charge < -0.3 is 34.5 Å². The summed E-state index contributed by atoms with van der Waals surface area (Å²) in [5.74, 6) is 4.57. The molecule has 0 radical (unpaired) electrons. The van der Waals surface area contributed by atoms with E-state index in [4.69, 9.17) is 19.4 Å². The minimum absolute atomic E-state index is 0.00851. The number of hydrogen-bond acceptors (Lipinski definition) is 11. The number of phosphoric acid groups is 3. The van der Waals surface area contributed by atoms with E-state index < -0.39 is 65.4 Å². The van der Waals surface area contributed by atoms with E-state index in [1.165, 1.54) is 13.8 Å². The molecule has 6 atom stereocenters. The summed E-state index contributed by atoms with van der Waals surface area (Å²) in [6, 6.07) is 0.982. The minimum Gasteiger partial charge on any atom is -0.386 e. The van der Waals surface area contributed by atoms with Gasteiger partial charge in [0.05, 0.1) is 6.61 Å². The Kier molecular flexibility index (Phi) is 8.12. The number of aliphatic hydroxyl groups is 2. The number of aromatic nitrogens is 2. The predicted octanol–water partition coefficient (Wildman–Crippen LogP) is -1.80. The van der Waals surface area contributed by atoms with Crippen molar-refractivity contribution in [2.45, 2.75) is 37.9 Å². The predicted molar refractivity (Wildman–Crippen MR) is 104 cm³/mol. The molecule has 186 valence electrons. The van der Waals surface area contributed by atoms with Crippen LogP contribution in [0.1, 0.15) is 18.8 Å². The molecule has 0 aliphatic carbocycles. The summed E-state index contributed by atoms with van der Waals surface area (Å²) in [5.41, 5.74) is -4.30. The molecule has 1 aromatic rings. The lowest BCUT2D eigenvalue weighted by Gasteiger charge is -2.27. The van der Waals surface area contributed by atoms with E-state index in [1.54, 1.807) is 0 Å². The zero-order valence-electron chi connectivity index (χ0n) is 16.7. The SMILES string of the molecule is CC#CC1(O)C(O)[C@@H](COP(=O)(O)OP(=O)(O)OP(=O)(O)O)O[C@H]1n1c(C)cc(=O)[nH]c1=O. The van der Waals surface area contributed by atoms with Gasteiger partial charge in [-0.3, -0.25) is 18.9 Å². The summed E-state index contributed by atoms with van der Waals surface area (Å²) in [6.45, 7) is 1.47. The second kappa shape index (κ2) is 9.65. The number of rotatable bonds is 8. The lowest BCUT2D eigenvalue weighted by atomic mass is 9.94. The second-order valence-corrected chi connectivity index (χ2v) is 10.9. The molecule has 2 rings (SSSR count). The third kappa shape index (κ3) is 6.78. The van der Waals surface area contributed by atoms with Crippen LogP contribution in [0, 0.1) is 18.8 Å². The number of ether oxygens (including phenoxy) is 1. The number of aromatic amines is 1. The fourth-order valence-electron chi connectivity index (χ4n) is 2.88. The number of phosphoric ester groups is 1. The highest BCUT2D eigenvalue weighted by Crippen LogP contribution is 2.66. The average molecular weight is 536 g/mol. The van der Waals surface area contributed by atoms with E-state index in [1.807, 2.05) is 4.98 Å². The maximum Gasteiger partial charge on any atom is 0.490 e. The van der Waals surface area contributed by atoms with Gasteiger partial charge in [-0.05, 0) is 13.8 Å². The fraction of sp³-hybridized carbons (Fsp3) is 0.538. The smallest absolute Gasteiger partial charge is 0.386 e. The van der Waals surface area contributed by atoms with Crippen LogP contribution in [0.4, 0.5) is 0 Å². The van der Waals surface area contributed by atoms with Gasteiger partial charge in [0.2, 0.25) is 0 Å². The van der Waals surface area contributed by atoms with Gasteiger partial charge in [0, 0.05) is 11.8 Å². The van der Waals surface area contributed by atoms with Crippen molar-refractivity contribution in [3.63, 3.8) is 0 Å². The van der Waals surface area contributed by atoms with Gasteiger partial charge in [-0.25, -0.2) is 18.5 Å². The van der Waals surface area contributed by atoms with Crippen LogP contribution < -0.4 is 11.2 Å². The van der Waals surface area contributed by atoms with E-state index in [9.17, 15) is 38.4 Å². The Bertz CT molecular complexity index is 1220. The van der Waals surface area contributed by atoms with Crippen LogP contribution in [0.2, 0.25) is 0 Å². The van der Waals surface area contributed by atoms with Crippen molar-refractivity contribution in [2.24, 2.45) is 0 Å². The Morgan fingerprint density at radius 3 is 2.30 bits per heavy atom. The van der Waals surface area contributed by atoms with Crippen molar-refractivity contribution in [3.05, 3.63) is 32.6 Å². The molecule has 0 saturated carbocycles. The van der Waals surface area contributed by atoms with Gasteiger partial charge in [0.25, 0.3) is 5.56 Å². The summed E-state index contributed by atoms with van der Waals surface area (Å²) >= 11 is 0. The lowest BCUT2D eigenvalue weighted by molar-refractivity contribution is -0.0771. The number of hydrogen-bond donors (Lipinski definition) is 7. The summed E-state index contributed by atoms with van der Waals surface area (Å²) in [5, 5.41) is 21.4. The molecule has 1 aromatic heterocycles. The van der Waals surface area contributed by atoms with Gasteiger partial charge in [-0.15, -0.1) is 5.92 Å². The normalized spacial score (nSPS) is 29.0. The monoisotopic (exact) mass is 536 g/mol. The highest BCUT2D eigenvalue weighted by atomic mass is 31.3. The molecular formula is C13H19N2O15P3. The van der Waals surface area contributed by atoms with Crippen LogP contribution in [0.5, 0.6) is 0 Å². The first-order valence-electron chi connectivity index (χ1n) is 8.51. The first-order valence-corrected chi connectivity index (χ1v) is 13.0. The highest BCUT2D eigenvalue weighted by molar-refractivity contribution is 7.66. The Labute approximate surface area is 184 Å². The van der Waals surface area contributed by atoms with Crippen LogP contribution >= 0.6 is 23.5 Å². The topological polar surface area (TPSA) is 264 Å². The molecule has 2 heterocycles. The van der Waals surface area contributed by atoms with E-state index >= 15 is 0 Å².